The minimum atomic E-state index is -3.60. The molecular formula is C13H15BrN2O3S2. The molecule has 0 amide bonds. The Morgan fingerprint density at radius 2 is 2.10 bits per heavy atom. The van der Waals surface area contributed by atoms with Crippen LogP contribution in [0.5, 0.6) is 5.75 Å². The van der Waals surface area contributed by atoms with E-state index < -0.39 is 10.0 Å². The average Bonchev–Trinajstić information content (AvgIpc) is 2.91. The number of halogens is 1. The van der Waals surface area contributed by atoms with E-state index in [1.165, 1.54) is 18.4 Å². The van der Waals surface area contributed by atoms with Crippen molar-refractivity contribution in [3.05, 3.63) is 39.7 Å². The standard InChI is InChI=1S/C13H15BrN2O3S2/c1-15-7-9-5-13(20-8-9)21(17,18)16-12-6-10(19-2)3-4-11(12)14/h3-6,8,15-16H,7H2,1-2H3. The van der Waals surface area contributed by atoms with Gasteiger partial charge in [0.15, 0.2) is 0 Å². The van der Waals surface area contributed by atoms with Crippen molar-refractivity contribution in [3.8, 4) is 5.75 Å². The zero-order chi connectivity index (χ0) is 15.5. The van der Waals surface area contributed by atoms with Gasteiger partial charge in [-0.2, -0.15) is 0 Å². The van der Waals surface area contributed by atoms with E-state index in [0.29, 0.717) is 22.5 Å². The Bertz CT molecular complexity index is 729. The summed E-state index contributed by atoms with van der Waals surface area (Å²) in [4.78, 5) is 0. The minimum Gasteiger partial charge on any atom is -0.497 e. The van der Waals surface area contributed by atoms with Crippen LogP contribution in [0, 0.1) is 0 Å². The van der Waals surface area contributed by atoms with Crippen molar-refractivity contribution in [2.75, 3.05) is 18.9 Å². The fourth-order valence-corrected chi connectivity index (χ4v) is 4.45. The molecule has 2 N–H and O–H groups in total. The molecular weight excluding hydrogens is 376 g/mol. The second kappa shape index (κ2) is 6.78. The van der Waals surface area contributed by atoms with Gasteiger partial charge < -0.3 is 10.1 Å². The van der Waals surface area contributed by atoms with Crippen LogP contribution in [-0.2, 0) is 16.6 Å². The van der Waals surface area contributed by atoms with Gasteiger partial charge in [-0.1, -0.05) is 0 Å². The van der Waals surface area contributed by atoms with Crippen molar-refractivity contribution in [3.63, 3.8) is 0 Å². The molecule has 2 aromatic rings. The van der Waals surface area contributed by atoms with Gasteiger partial charge in [-0.15, -0.1) is 11.3 Å². The SMILES string of the molecule is CNCc1csc(S(=O)(=O)Nc2cc(OC)ccc2Br)c1. The largest absolute Gasteiger partial charge is 0.497 e. The second-order valence-electron chi connectivity index (χ2n) is 4.26. The summed E-state index contributed by atoms with van der Waals surface area (Å²) < 4.78 is 33.4. The lowest BCUT2D eigenvalue weighted by molar-refractivity contribution is 0.415. The third kappa shape index (κ3) is 3.97. The number of hydrogen-bond acceptors (Lipinski definition) is 5. The van der Waals surface area contributed by atoms with Gasteiger partial charge in [0.1, 0.15) is 9.96 Å². The summed E-state index contributed by atoms with van der Waals surface area (Å²) in [5, 5.41) is 4.82. The highest BCUT2D eigenvalue weighted by molar-refractivity contribution is 9.10. The molecule has 0 aliphatic carbocycles. The average molecular weight is 391 g/mol. The van der Waals surface area contributed by atoms with Gasteiger partial charge in [0.2, 0.25) is 0 Å². The molecule has 1 aromatic heterocycles. The summed E-state index contributed by atoms with van der Waals surface area (Å²) in [7, 11) is -0.254. The number of hydrogen-bond donors (Lipinski definition) is 2. The van der Waals surface area contributed by atoms with Crippen LogP contribution in [0.2, 0.25) is 0 Å². The number of nitrogens with one attached hydrogen (secondary N) is 2. The van der Waals surface area contributed by atoms with Crippen LogP contribution in [0.3, 0.4) is 0 Å². The first-order valence-electron chi connectivity index (χ1n) is 6.04. The molecule has 2 rings (SSSR count). The Hall–Kier alpha value is -1.09. The number of anilines is 1. The molecule has 0 saturated heterocycles. The predicted octanol–water partition coefficient (Wildman–Crippen LogP) is 3.04. The lowest BCUT2D eigenvalue weighted by atomic mass is 10.3. The van der Waals surface area contributed by atoms with E-state index in [2.05, 4.69) is 26.0 Å². The first-order valence-corrected chi connectivity index (χ1v) is 9.20. The minimum absolute atomic E-state index is 0.280. The van der Waals surface area contributed by atoms with E-state index in [1.54, 1.807) is 24.3 Å². The quantitative estimate of drug-likeness (QED) is 0.795. The van der Waals surface area contributed by atoms with E-state index in [0.717, 1.165) is 5.56 Å². The number of methoxy groups -OCH3 is 1. The topological polar surface area (TPSA) is 67.4 Å². The normalized spacial score (nSPS) is 11.4. The fourth-order valence-electron chi connectivity index (χ4n) is 1.70. The Balaban J connectivity index is 2.28. The summed E-state index contributed by atoms with van der Waals surface area (Å²) in [5.41, 5.74) is 1.38. The van der Waals surface area contributed by atoms with Crippen LogP contribution < -0.4 is 14.8 Å². The molecule has 0 fully saturated rings. The Morgan fingerprint density at radius 3 is 2.76 bits per heavy atom. The van der Waals surface area contributed by atoms with Gasteiger partial charge in [0.05, 0.1) is 12.8 Å². The molecule has 0 atom stereocenters. The number of benzene rings is 1. The van der Waals surface area contributed by atoms with Crippen LogP contribution >= 0.6 is 27.3 Å². The zero-order valence-electron chi connectivity index (χ0n) is 11.5. The van der Waals surface area contributed by atoms with Gasteiger partial charge >= 0.3 is 0 Å². The van der Waals surface area contributed by atoms with Crippen molar-refractivity contribution in [1.29, 1.82) is 0 Å². The molecule has 21 heavy (non-hydrogen) atoms. The van der Waals surface area contributed by atoms with Gasteiger partial charge in [-0.25, -0.2) is 8.42 Å². The number of ether oxygens (including phenoxy) is 1. The molecule has 0 aliphatic rings. The molecule has 0 bridgehead atoms. The molecule has 114 valence electrons. The van der Waals surface area contributed by atoms with Gasteiger partial charge in [-0.05, 0) is 52.1 Å². The fraction of sp³-hybridized carbons (Fsp3) is 0.231. The Morgan fingerprint density at radius 1 is 1.33 bits per heavy atom. The van der Waals surface area contributed by atoms with Crippen LogP contribution in [0.25, 0.3) is 0 Å². The molecule has 1 aromatic carbocycles. The molecule has 1 heterocycles. The molecule has 0 aliphatic heterocycles. The highest BCUT2D eigenvalue weighted by atomic mass is 79.9. The summed E-state index contributed by atoms with van der Waals surface area (Å²) >= 11 is 4.52. The highest BCUT2D eigenvalue weighted by Crippen LogP contribution is 2.30. The number of thiophene rings is 1. The third-order valence-corrected chi connectivity index (χ3v) is 6.24. The van der Waals surface area contributed by atoms with E-state index in [-0.39, 0.29) is 4.21 Å². The van der Waals surface area contributed by atoms with Crippen LogP contribution in [0.15, 0.2) is 38.3 Å². The Kier molecular flexibility index (Phi) is 5.26. The molecule has 0 radical (unpaired) electrons. The van der Waals surface area contributed by atoms with Crippen molar-refractivity contribution >= 4 is 43.0 Å². The molecule has 0 spiro atoms. The van der Waals surface area contributed by atoms with Crippen molar-refractivity contribution in [1.82, 2.24) is 5.32 Å². The molecule has 0 saturated carbocycles. The molecule has 8 heteroatoms. The maximum atomic E-state index is 12.4. The first kappa shape index (κ1) is 16.3. The lowest BCUT2D eigenvalue weighted by Gasteiger charge is -2.10. The molecule has 0 unspecified atom stereocenters. The summed E-state index contributed by atoms with van der Waals surface area (Å²) in [6.45, 7) is 0.634. The van der Waals surface area contributed by atoms with Crippen molar-refractivity contribution in [2.45, 2.75) is 10.8 Å². The maximum Gasteiger partial charge on any atom is 0.271 e. The van der Waals surface area contributed by atoms with Crippen LogP contribution in [0.1, 0.15) is 5.56 Å². The van der Waals surface area contributed by atoms with Gasteiger partial charge in [0, 0.05) is 17.1 Å². The summed E-state index contributed by atoms with van der Waals surface area (Å²) in [5.74, 6) is 0.581. The van der Waals surface area contributed by atoms with E-state index in [1.807, 2.05) is 12.4 Å². The van der Waals surface area contributed by atoms with Crippen LogP contribution in [-0.4, -0.2) is 22.6 Å². The van der Waals surface area contributed by atoms with Crippen molar-refractivity contribution < 1.29 is 13.2 Å². The number of sulfonamides is 1. The maximum absolute atomic E-state index is 12.4. The van der Waals surface area contributed by atoms with Gasteiger partial charge in [0.25, 0.3) is 10.0 Å². The lowest BCUT2D eigenvalue weighted by Crippen LogP contribution is -2.12. The molecule has 5 nitrogen and oxygen atoms in total. The third-order valence-electron chi connectivity index (χ3n) is 2.69. The smallest absolute Gasteiger partial charge is 0.271 e. The van der Waals surface area contributed by atoms with Gasteiger partial charge in [-0.3, -0.25) is 4.72 Å². The Labute approximate surface area is 136 Å². The summed E-state index contributed by atoms with van der Waals surface area (Å²) in [6.07, 6.45) is 0. The first-order chi connectivity index (χ1) is 9.96. The van der Waals surface area contributed by atoms with E-state index in [4.69, 9.17) is 4.74 Å². The van der Waals surface area contributed by atoms with Crippen molar-refractivity contribution in [2.24, 2.45) is 0 Å². The summed E-state index contributed by atoms with van der Waals surface area (Å²) in [6, 6.07) is 6.77. The monoisotopic (exact) mass is 390 g/mol. The predicted molar refractivity (Wildman–Crippen MR) is 88.6 cm³/mol. The number of rotatable bonds is 6. The zero-order valence-corrected chi connectivity index (χ0v) is 14.7. The highest BCUT2D eigenvalue weighted by Gasteiger charge is 2.18. The van der Waals surface area contributed by atoms with E-state index >= 15 is 0 Å². The second-order valence-corrected chi connectivity index (χ2v) is 7.93. The van der Waals surface area contributed by atoms with Crippen LogP contribution in [0.4, 0.5) is 5.69 Å². The van der Waals surface area contributed by atoms with E-state index in [9.17, 15) is 8.42 Å².